The summed E-state index contributed by atoms with van der Waals surface area (Å²) in [7, 11) is 0. The van der Waals surface area contributed by atoms with E-state index in [1.807, 2.05) is 54.6 Å². The molecule has 2 N–H and O–H groups in total. The van der Waals surface area contributed by atoms with Gasteiger partial charge in [-0.05, 0) is 36.8 Å². The first kappa shape index (κ1) is 17.2. The van der Waals surface area contributed by atoms with E-state index in [1.54, 1.807) is 9.58 Å². The number of aromatic nitrogens is 4. The third kappa shape index (κ3) is 3.14. The predicted octanol–water partition coefficient (Wildman–Crippen LogP) is 2.98. The number of aromatic amines is 1. The summed E-state index contributed by atoms with van der Waals surface area (Å²) >= 11 is 0. The molecule has 0 spiro atoms. The van der Waals surface area contributed by atoms with E-state index in [2.05, 4.69) is 20.4 Å². The summed E-state index contributed by atoms with van der Waals surface area (Å²) in [6, 6.07) is 17.0. The zero-order chi connectivity index (χ0) is 19.8. The van der Waals surface area contributed by atoms with Crippen LogP contribution in [0.15, 0.2) is 65.6 Å². The Morgan fingerprint density at radius 2 is 1.83 bits per heavy atom. The van der Waals surface area contributed by atoms with Crippen LogP contribution in [0.3, 0.4) is 0 Å². The molecule has 2 aromatic carbocycles. The minimum Gasteiger partial charge on any atom is -0.326 e. The number of H-pyrrole nitrogens is 1. The molecule has 3 heterocycles. The molecule has 0 atom stereocenters. The van der Waals surface area contributed by atoms with Gasteiger partial charge in [0.25, 0.3) is 5.56 Å². The SMILES string of the molecule is O=C1CCCN1c1cccc(Nc2nc3c(cnn3-c3ccccc3)c(=O)[nH]2)c1. The van der Waals surface area contributed by atoms with Gasteiger partial charge in [0.2, 0.25) is 11.9 Å². The smallest absolute Gasteiger partial charge is 0.263 e. The third-order valence-electron chi connectivity index (χ3n) is 4.93. The van der Waals surface area contributed by atoms with Crippen molar-refractivity contribution < 1.29 is 4.79 Å². The van der Waals surface area contributed by atoms with E-state index < -0.39 is 0 Å². The normalized spacial score (nSPS) is 13.9. The molecule has 0 saturated carbocycles. The molecule has 5 rings (SSSR count). The summed E-state index contributed by atoms with van der Waals surface area (Å²) in [4.78, 5) is 33.6. The fourth-order valence-corrected chi connectivity index (χ4v) is 3.55. The fourth-order valence-electron chi connectivity index (χ4n) is 3.55. The van der Waals surface area contributed by atoms with Crippen molar-refractivity contribution in [2.75, 3.05) is 16.8 Å². The van der Waals surface area contributed by atoms with E-state index in [0.717, 1.165) is 30.0 Å². The van der Waals surface area contributed by atoms with Crippen molar-refractivity contribution in [2.24, 2.45) is 0 Å². The standard InChI is InChI=1S/C21H18N6O2/c28-18-10-5-11-26(18)16-9-4-6-14(12-16)23-21-24-19-17(20(29)25-21)13-22-27(19)15-7-2-1-3-8-15/h1-4,6-9,12-13H,5,10-11H2,(H2,23,24,25,29). The van der Waals surface area contributed by atoms with Crippen molar-refractivity contribution in [1.29, 1.82) is 0 Å². The van der Waals surface area contributed by atoms with Crippen molar-refractivity contribution in [3.63, 3.8) is 0 Å². The number of fused-ring (bicyclic) bond motifs is 1. The van der Waals surface area contributed by atoms with E-state index in [1.165, 1.54) is 6.20 Å². The van der Waals surface area contributed by atoms with Gasteiger partial charge in [0, 0.05) is 24.3 Å². The average Bonchev–Trinajstić information content (AvgIpc) is 3.35. The lowest BCUT2D eigenvalue weighted by molar-refractivity contribution is -0.117. The summed E-state index contributed by atoms with van der Waals surface area (Å²) in [6.45, 7) is 0.722. The number of rotatable bonds is 4. The lowest BCUT2D eigenvalue weighted by atomic mass is 10.2. The van der Waals surface area contributed by atoms with Crippen LogP contribution in [0.2, 0.25) is 0 Å². The fraction of sp³-hybridized carbons (Fsp3) is 0.143. The topological polar surface area (TPSA) is 95.9 Å². The maximum atomic E-state index is 12.5. The molecule has 0 bridgehead atoms. The number of amides is 1. The van der Waals surface area contributed by atoms with Gasteiger partial charge in [0.1, 0.15) is 5.39 Å². The van der Waals surface area contributed by atoms with Crippen LogP contribution in [0.5, 0.6) is 0 Å². The van der Waals surface area contributed by atoms with E-state index in [-0.39, 0.29) is 11.5 Å². The summed E-state index contributed by atoms with van der Waals surface area (Å²) in [5, 5.41) is 7.86. The second-order valence-electron chi connectivity index (χ2n) is 6.87. The molecule has 0 aliphatic carbocycles. The molecule has 4 aromatic rings. The molecule has 0 radical (unpaired) electrons. The molecule has 1 fully saturated rings. The van der Waals surface area contributed by atoms with Gasteiger partial charge in [0.15, 0.2) is 5.65 Å². The second kappa shape index (κ2) is 6.90. The Morgan fingerprint density at radius 1 is 1.00 bits per heavy atom. The predicted molar refractivity (Wildman–Crippen MR) is 111 cm³/mol. The van der Waals surface area contributed by atoms with Gasteiger partial charge >= 0.3 is 0 Å². The summed E-state index contributed by atoms with van der Waals surface area (Å²) in [6.07, 6.45) is 2.95. The molecular weight excluding hydrogens is 368 g/mol. The first-order valence-corrected chi connectivity index (χ1v) is 9.40. The number of hydrogen-bond donors (Lipinski definition) is 2. The van der Waals surface area contributed by atoms with Crippen LogP contribution in [0.25, 0.3) is 16.7 Å². The highest BCUT2D eigenvalue weighted by Gasteiger charge is 2.21. The van der Waals surface area contributed by atoms with E-state index in [4.69, 9.17) is 0 Å². The summed E-state index contributed by atoms with van der Waals surface area (Å²) in [5.74, 6) is 0.437. The van der Waals surface area contributed by atoms with Crippen molar-refractivity contribution in [3.8, 4) is 5.69 Å². The number of anilines is 3. The Morgan fingerprint density at radius 3 is 2.62 bits per heavy atom. The molecule has 2 aromatic heterocycles. The van der Waals surface area contributed by atoms with Gasteiger partial charge < -0.3 is 10.2 Å². The Labute approximate surface area is 165 Å². The average molecular weight is 386 g/mol. The quantitative estimate of drug-likeness (QED) is 0.562. The zero-order valence-corrected chi connectivity index (χ0v) is 15.5. The first-order valence-electron chi connectivity index (χ1n) is 9.40. The second-order valence-corrected chi connectivity index (χ2v) is 6.87. The van der Waals surface area contributed by atoms with Crippen molar-refractivity contribution in [1.82, 2.24) is 19.7 Å². The molecule has 8 nitrogen and oxygen atoms in total. The van der Waals surface area contributed by atoms with Gasteiger partial charge in [-0.15, -0.1) is 0 Å². The summed E-state index contributed by atoms with van der Waals surface area (Å²) < 4.78 is 1.63. The molecule has 1 saturated heterocycles. The summed E-state index contributed by atoms with van der Waals surface area (Å²) in [5.41, 5.74) is 2.57. The van der Waals surface area contributed by atoms with Crippen molar-refractivity contribution in [2.45, 2.75) is 12.8 Å². The Balaban J connectivity index is 1.51. The monoisotopic (exact) mass is 386 g/mol. The molecule has 8 heteroatoms. The number of nitrogens with one attached hydrogen (secondary N) is 2. The molecule has 1 aliphatic rings. The number of nitrogens with zero attached hydrogens (tertiary/aromatic N) is 4. The Bertz CT molecular complexity index is 1260. The van der Waals surface area contributed by atoms with Crippen molar-refractivity contribution in [3.05, 3.63) is 71.1 Å². The number of hydrogen-bond acceptors (Lipinski definition) is 5. The van der Waals surface area contributed by atoms with Crippen LogP contribution in [-0.2, 0) is 4.79 Å². The highest BCUT2D eigenvalue weighted by Crippen LogP contribution is 2.25. The molecule has 1 aliphatic heterocycles. The number of carbonyl (C=O) groups excluding carboxylic acids is 1. The number of carbonyl (C=O) groups is 1. The highest BCUT2D eigenvalue weighted by molar-refractivity contribution is 5.95. The van der Waals surface area contributed by atoms with E-state index in [9.17, 15) is 9.59 Å². The van der Waals surface area contributed by atoms with Crippen LogP contribution in [0.1, 0.15) is 12.8 Å². The van der Waals surface area contributed by atoms with Crippen LogP contribution in [-0.4, -0.2) is 32.2 Å². The van der Waals surface area contributed by atoms with Gasteiger partial charge in [-0.1, -0.05) is 24.3 Å². The molecule has 0 unspecified atom stereocenters. The zero-order valence-electron chi connectivity index (χ0n) is 15.5. The van der Waals surface area contributed by atoms with Gasteiger partial charge in [0.05, 0.1) is 11.9 Å². The lowest BCUT2D eigenvalue weighted by Gasteiger charge is -2.16. The number of benzene rings is 2. The number of para-hydroxylation sites is 1. The van der Waals surface area contributed by atoms with Crippen LogP contribution >= 0.6 is 0 Å². The Hall–Kier alpha value is -3.94. The van der Waals surface area contributed by atoms with Crippen LogP contribution in [0, 0.1) is 0 Å². The molecule has 1 amide bonds. The maximum Gasteiger partial charge on any atom is 0.263 e. The molecule has 29 heavy (non-hydrogen) atoms. The van der Waals surface area contributed by atoms with Gasteiger partial charge in [-0.3, -0.25) is 14.6 Å². The van der Waals surface area contributed by atoms with Crippen molar-refractivity contribution >= 4 is 34.3 Å². The van der Waals surface area contributed by atoms with Crippen LogP contribution in [0.4, 0.5) is 17.3 Å². The van der Waals surface area contributed by atoms with Gasteiger partial charge in [-0.25, -0.2) is 4.68 Å². The first-order chi connectivity index (χ1) is 14.2. The minimum atomic E-state index is -0.273. The minimum absolute atomic E-state index is 0.127. The highest BCUT2D eigenvalue weighted by atomic mass is 16.2. The third-order valence-corrected chi connectivity index (χ3v) is 4.93. The largest absolute Gasteiger partial charge is 0.326 e. The molecular formula is C21H18N6O2. The van der Waals surface area contributed by atoms with Gasteiger partial charge in [-0.2, -0.15) is 10.1 Å². The maximum absolute atomic E-state index is 12.5. The van der Waals surface area contributed by atoms with E-state index >= 15 is 0 Å². The Kier molecular flexibility index (Phi) is 4.09. The molecule has 144 valence electrons. The lowest BCUT2D eigenvalue weighted by Crippen LogP contribution is -2.23. The van der Waals surface area contributed by atoms with E-state index in [0.29, 0.717) is 23.4 Å². The van der Waals surface area contributed by atoms with Crippen LogP contribution < -0.4 is 15.8 Å².